The van der Waals surface area contributed by atoms with Gasteiger partial charge in [0.25, 0.3) is 5.91 Å². The number of primary amides is 1. The number of amides is 1. The maximum absolute atomic E-state index is 13.9. The molecule has 1 fully saturated rings. The van der Waals surface area contributed by atoms with Crippen LogP contribution < -0.4 is 11.1 Å². The number of piperidine rings is 1. The highest BCUT2D eigenvalue weighted by Gasteiger charge is 2.22. The molecular formula is C19H18F2N4O. The van der Waals surface area contributed by atoms with Gasteiger partial charge in [-0.2, -0.15) is 5.10 Å². The zero-order valence-electron chi connectivity index (χ0n) is 14.0. The molecule has 7 heteroatoms. The predicted molar refractivity (Wildman–Crippen MR) is 94.7 cm³/mol. The van der Waals surface area contributed by atoms with Crippen molar-refractivity contribution in [2.45, 2.75) is 18.5 Å². The molecule has 134 valence electrons. The molecule has 0 aliphatic carbocycles. The van der Waals surface area contributed by atoms with Crippen LogP contribution in [-0.4, -0.2) is 34.9 Å². The van der Waals surface area contributed by atoms with Gasteiger partial charge in [-0.05, 0) is 42.2 Å². The van der Waals surface area contributed by atoms with Crippen LogP contribution in [0.1, 0.15) is 28.3 Å². The van der Waals surface area contributed by atoms with Crippen molar-refractivity contribution in [2.75, 3.05) is 13.1 Å². The number of aromatic nitrogens is 2. The third kappa shape index (κ3) is 2.94. The normalized spacial score (nSPS) is 20.4. The van der Waals surface area contributed by atoms with Gasteiger partial charge in [0.2, 0.25) is 0 Å². The lowest BCUT2D eigenvalue weighted by Crippen LogP contribution is -2.36. The lowest BCUT2D eigenvalue weighted by Gasteiger charge is -2.26. The fourth-order valence-electron chi connectivity index (χ4n) is 3.47. The molecular weight excluding hydrogens is 338 g/mol. The van der Waals surface area contributed by atoms with E-state index in [2.05, 4.69) is 10.4 Å². The Morgan fingerprint density at radius 3 is 2.65 bits per heavy atom. The number of halogens is 2. The van der Waals surface area contributed by atoms with Crippen LogP contribution in [0.15, 0.2) is 42.6 Å². The van der Waals surface area contributed by atoms with Crippen LogP contribution in [0, 0.1) is 5.82 Å². The van der Waals surface area contributed by atoms with Gasteiger partial charge in [0.05, 0.1) is 5.69 Å². The second kappa shape index (κ2) is 6.49. The molecule has 5 nitrogen and oxygen atoms in total. The van der Waals surface area contributed by atoms with Gasteiger partial charge in [-0.15, -0.1) is 0 Å². The molecule has 2 atom stereocenters. The molecule has 1 aliphatic heterocycles. The minimum atomic E-state index is -0.848. The lowest BCUT2D eigenvalue weighted by atomic mass is 9.91. The lowest BCUT2D eigenvalue weighted by molar-refractivity contribution is 0.0998. The molecule has 1 aliphatic rings. The number of alkyl halides is 1. The van der Waals surface area contributed by atoms with Crippen LogP contribution >= 0.6 is 0 Å². The molecule has 3 N–H and O–H groups in total. The average Bonchev–Trinajstić information content (AvgIpc) is 3.05. The number of nitrogens with zero attached hydrogens (tertiary/aromatic N) is 2. The van der Waals surface area contributed by atoms with E-state index in [0.29, 0.717) is 18.4 Å². The van der Waals surface area contributed by atoms with Crippen molar-refractivity contribution in [3.63, 3.8) is 0 Å². The highest BCUT2D eigenvalue weighted by atomic mass is 19.1. The van der Waals surface area contributed by atoms with Gasteiger partial charge in [0.15, 0.2) is 0 Å². The first-order chi connectivity index (χ1) is 12.5. The van der Waals surface area contributed by atoms with E-state index >= 15 is 0 Å². The standard InChI is InChI=1S/C19H18F2N4O/c20-14-7-13(8-23-9-14)11-1-4-15(5-2-11)25-10-12-3-6-16(21)17(19(22)26)18(12)24-25/h1-6,10,13-14,23H,7-9H2,(H2,22,26)/t13-,14-/m0/s1. The Morgan fingerprint density at radius 2 is 1.96 bits per heavy atom. The number of benzene rings is 2. The van der Waals surface area contributed by atoms with Crippen molar-refractivity contribution in [1.82, 2.24) is 15.1 Å². The second-order valence-electron chi connectivity index (χ2n) is 6.58. The second-order valence-corrected chi connectivity index (χ2v) is 6.58. The molecule has 2 aromatic carbocycles. The van der Waals surface area contributed by atoms with E-state index < -0.39 is 17.9 Å². The van der Waals surface area contributed by atoms with Crippen LogP contribution in [0.2, 0.25) is 0 Å². The van der Waals surface area contributed by atoms with Crippen molar-refractivity contribution in [3.05, 3.63) is 59.5 Å². The summed E-state index contributed by atoms with van der Waals surface area (Å²) >= 11 is 0. The van der Waals surface area contributed by atoms with E-state index in [4.69, 9.17) is 5.73 Å². The van der Waals surface area contributed by atoms with Crippen molar-refractivity contribution < 1.29 is 13.6 Å². The van der Waals surface area contributed by atoms with Crippen molar-refractivity contribution in [2.24, 2.45) is 5.73 Å². The molecule has 0 radical (unpaired) electrons. The molecule has 4 rings (SSSR count). The SMILES string of the molecule is NC(=O)c1c(F)ccc2cn(-c3ccc([C@@H]4CNC[C@@H](F)C4)cc3)nc12. The van der Waals surface area contributed by atoms with Gasteiger partial charge in [-0.1, -0.05) is 12.1 Å². The van der Waals surface area contributed by atoms with Gasteiger partial charge in [0, 0.05) is 24.7 Å². The maximum Gasteiger partial charge on any atom is 0.253 e. The molecule has 0 unspecified atom stereocenters. The number of nitrogens with two attached hydrogens (primary N) is 1. The number of nitrogens with one attached hydrogen (secondary N) is 1. The summed E-state index contributed by atoms with van der Waals surface area (Å²) in [7, 11) is 0. The van der Waals surface area contributed by atoms with Crippen LogP contribution in [0.4, 0.5) is 8.78 Å². The molecule has 1 amide bonds. The van der Waals surface area contributed by atoms with E-state index in [9.17, 15) is 13.6 Å². The molecule has 1 saturated heterocycles. The number of hydrogen-bond donors (Lipinski definition) is 2. The van der Waals surface area contributed by atoms with Gasteiger partial charge in [-0.25, -0.2) is 13.5 Å². The summed E-state index contributed by atoms with van der Waals surface area (Å²) in [5.41, 5.74) is 7.13. The highest BCUT2D eigenvalue weighted by molar-refractivity contribution is 6.04. The summed E-state index contributed by atoms with van der Waals surface area (Å²) in [6, 6.07) is 10.4. The van der Waals surface area contributed by atoms with Gasteiger partial charge in [-0.3, -0.25) is 4.79 Å². The van der Waals surface area contributed by atoms with E-state index in [1.165, 1.54) is 6.07 Å². The summed E-state index contributed by atoms with van der Waals surface area (Å²) in [5, 5.41) is 8.05. The predicted octanol–water partition coefficient (Wildman–Crippen LogP) is 2.68. The Balaban J connectivity index is 1.67. The fraction of sp³-hybridized carbons (Fsp3) is 0.263. The van der Waals surface area contributed by atoms with Crippen LogP contribution in [0.3, 0.4) is 0 Å². The van der Waals surface area contributed by atoms with Crippen molar-refractivity contribution in [3.8, 4) is 5.69 Å². The van der Waals surface area contributed by atoms with E-state index in [1.54, 1.807) is 16.9 Å². The average molecular weight is 356 g/mol. The van der Waals surface area contributed by atoms with Crippen LogP contribution in [0.25, 0.3) is 16.6 Å². The number of carbonyl (C=O) groups is 1. The molecule has 2 heterocycles. The Kier molecular flexibility index (Phi) is 4.16. The number of carbonyl (C=O) groups excluding carboxylic acids is 1. The highest BCUT2D eigenvalue weighted by Crippen LogP contribution is 2.26. The quantitative estimate of drug-likeness (QED) is 0.758. The molecule has 0 saturated carbocycles. The third-order valence-electron chi connectivity index (χ3n) is 4.80. The number of hydrogen-bond acceptors (Lipinski definition) is 3. The zero-order valence-corrected chi connectivity index (χ0v) is 14.0. The summed E-state index contributed by atoms with van der Waals surface area (Å²) in [4.78, 5) is 11.5. The zero-order chi connectivity index (χ0) is 18.3. The monoisotopic (exact) mass is 356 g/mol. The first-order valence-electron chi connectivity index (χ1n) is 8.45. The van der Waals surface area contributed by atoms with Crippen molar-refractivity contribution >= 4 is 16.8 Å². The largest absolute Gasteiger partial charge is 0.365 e. The molecule has 0 spiro atoms. The maximum atomic E-state index is 13.9. The fourth-order valence-corrected chi connectivity index (χ4v) is 3.47. The van der Waals surface area contributed by atoms with E-state index in [-0.39, 0.29) is 17.0 Å². The molecule has 26 heavy (non-hydrogen) atoms. The van der Waals surface area contributed by atoms with Gasteiger partial charge >= 0.3 is 0 Å². The molecule has 1 aromatic heterocycles. The first kappa shape index (κ1) is 16.7. The van der Waals surface area contributed by atoms with Gasteiger partial charge in [0.1, 0.15) is 23.1 Å². The van der Waals surface area contributed by atoms with E-state index in [0.717, 1.165) is 17.8 Å². The number of fused-ring (bicyclic) bond motifs is 1. The summed E-state index contributed by atoms with van der Waals surface area (Å²) < 4.78 is 29.0. The van der Waals surface area contributed by atoms with Crippen LogP contribution in [0.5, 0.6) is 0 Å². The van der Waals surface area contributed by atoms with E-state index in [1.807, 2.05) is 24.3 Å². The van der Waals surface area contributed by atoms with Gasteiger partial charge < -0.3 is 11.1 Å². The van der Waals surface area contributed by atoms with Crippen molar-refractivity contribution in [1.29, 1.82) is 0 Å². The summed E-state index contributed by atoms with van der Waals surface area (Å²) in [5.74, 6) is -1.39. The molecule has 0 bridgehead atoms. The van der Waals surface area contributed by atoms with Crippen LogP contribution in [-0.2, 0) is 0 Å². The Morgan fingerprint density at radius 1 is 1.19 bits per heavy atom. The third-order valence-corrected chi connectivity index (χ3v) is 4.80. The minimum Gasteiger partial charge on any atom is -0.365 e. The summed E-state index contributed by atoms with van der Waals surface area (Å²) in [6.07, 6.45) is 1.40. The Labute approximate surface area is 148 Å². The first-order valence-corrected chi connectivity index (χ1v) is 8.45. The smallest absolute Gasteiger partial charge is 0.253 e. The topological polar surface area (TPSA) is 72.9 Å². The summed E-state index contributed by atoms with van der Waals surface area (Å²) in [6.45, 7) is 1.17. The Hall–Kier alpha value is -2.80. The molecule has 3 aromatic rings. The minimum absolute atomic E-state index is 0.139. The Bertz CT molecular complexity index is 968. The number of rotatable bonds is 3.